The number of aryl methyl sites for hydroxylation is 1. The molecule has 0 aromatic heterocycles. The van der Waals surface area contributed by atoms with Crippen LogP contribution in [0.1, 0.15) is 12.0 Å². The van der Waals surface area contributed by atoms with Crippen LogP contribution in [-0.2, 0) is 14.6 Å². The molecular weight excluding hydrogens is 264 g/mol. The first kappa shape index (κ1) is 15.7. The van der Waals surface area contributed by atoms with Crippen LogP contribution in [0.2, 0.25) is 0 Å². The van der Waals surface area contributed by atoms with Gasteiger partial charge >= 0.3 is 0 Å². The first-order valence-electron chi connectivity index (χ1n) is 6.10. The molecular formula is C13H20N2O3S. The predicted molar refractivity (Wildman–Crippen MR) is 74.5 cm³/mol. The Hall–Kier alpha value is -1.40. The lowest BCUT2D eigenvalue weighted by Crippen LogP contribution is -2.34. The summed E-state index contributed by atoms with van der Waals surface area (Å²) in [6.07, 6.45) is 0.659. The number of benzene rings is 1. The highest BCUT2D eigenvalue weighted by atomic mass is 32.2. The Morgan fingerprint density at radius 3 is 2.63 bits per heavy atom. The Kier molecular flexibility index (Phi) is 5.50. The van der Waals surface area contributed by atoms with E-state index in [0.717, 1.165) is 5.56 Å². The smallest absolute Gasteiger partial charge is 0.237 e. The van der Waals surface area contributed by atoms with Gasteiger partial charge in [0, 0.05) is 13.6 Å². The maximum Gasteiger partial charge on any atom is 0.237 e. The van der Waals surface area contributed by atoms with Crippen LogP contribution in [0.15, 0.2) is 29.2 Å². The van der Waals surface area contributed by atoms with Gasteiger partial charge in [-0.05, 0) is 37.6 Å². The van der Waals surface area contributed by atoms with Gasteiger partial charge in [0.1, 0.15) is 5.75 Å². The molecule has 0 heterocycles. The normalized spacial score (nSPS) is 11.3. The monoisotopic (exact) mass is 284 g/mol. The van der Waals surface area contributed by atoms with E-state index in [2.05, 4.69) is 0 Å². The summed E-state index contributed by atoms with van der Waals surface area (Å²) in [5.41, 5.74) is 6.21. The van der Waals surface area contributed by atoms with Gasteiger partial charge in [0.2, 0.25) is 5.91 Å². The fourth-order valence-corrected chi connectivity index (χ4v) is 2.98. The summed E-state index contributed by atoms with van der Waals surface area (Å²) >= 11 is 0. The minimum absolute atomic E-state index is 0.188. The van der Waals surface area contributed by atoms with Crippen molar-refractivity contribution in [1.82, 2.24) is 4.90 Å². The number of nitrogens with zero attached hydrogens (tertiary/aromatic N) is 1. The molecule has 106 valence electrons. The van der Waals surface area contributed by atoms with Gasteiger partial charge in [-0.2, -0.15) is 0 Å². The second kappa shape index (κ2) is 6.68. The van der Waals surface area contributed by atoms with Crippen LogP contribution in [0.4, 0.5) is 0 Å². The zero-order valence-corrected chi connectivity index (χ0v) is 12.1. The maximum absolute atomic E-state index is 12.1. The summed E-state index contributed by atoms with van der Waals surface area (Å²) in [6, 6.07) is 6.57. The second-order valence-electron chi connectivity index (χ2n) is 4.53. The molecule has 0 aliphatic carbocycles. The average molecular weight is 284 g/mol. The van der Waals surface area contributed by atoms with Crippen molar-refractivity contribution in [1.29, 1.82) is 0 Å². The lowest BCUT2D eigenvalue weighted by Gasteiger charge is -2.16. The number of carbonyl (C=O) groups excluding carboxylic acids is 1. The standard InChI is InChI=1S/C13H20N2O3S/c1-11-5-3-6-12(9-11)19(17,18)10-13(16)15(2)8-4-7-14/h3,5-6,9H,4,7-8,10,14H2,1-2H3. The molecule has 5 nitrogen and oxygen atoms in total. The number of hydrogen-bond donors (Lipinski definition) is 1. The van der Waals surface area contributed by atoms with Crippen molar-refractivity contribution in [2.75, 3.05) is 25.9 Å². The van der Waals surface area contributed by atoms with Crippen molar-refractivity contribution in [2.45, 2.75) is 18.2 Å². The van der Waals surface area contributed by atoms with E-state index in [0.29, 0.717) is 19.5 Å². The highest BCUT2D eigenvalue weighted by Crippen LogP contribution is 2.13. The molecule has 0 bridgehead atoms. The second-order valence-corrected chi connectivity index (χ2v) is 6.52. The summed E-state index contributed by atoms with van der Waals surface area (Å²) in [6.45, 7) is 2.76. The van der Waals surface area contributed by atoms with E-state index in [1.165, 1.54) is 11.0 Å². The fraction of sp³-hybridized carbons (Fsp3) is 0.462. The first-order chi connectivity index (χ1) is 8.86. The molecule has 0 fully saturated rings. The van der Waals surface area contributed by atoms with Crippen LogP contribution in [0, 0.1) is 6.92 Å². The minimum atomic E-state index is -3.57. The molecule has 1 aromatic rings. The van der Waals surface area contributed by atoms with E-state index in [1.807, 2.05) is 13.0 Å². The minimum Gasteiger partial charge on any atom is -0.345 e. The molecule has 2 N–H and O–H groups in total. The number of hydrogen-bond acceptors (Lipinski definition) is 4. The molecule has 0 saturated carbocycles. The Balaban J connectivity index is 2.77. The van der Waals surface area contributed by atoms with Crippen LogP contribution in [-0.4, -0.2) is 45.1 Å². The maximum atomic E-state index is 12.1. The van der Waals surface area contributed by atoms with Crippen molar-refractivity contribution in [3.8, 4) is 0 Å². The Bertz CT molecular complexity index is 541. The number of sulfone groups is 1. The number of amides is 1. The van der Waals surface area contributed by atoms with Gasteiger partial charge in [-0.3, -0.25) is 4.79 Å². The van der Waals surface area contributed by atoms with Crippen LogP contribution in [0.3, 0.4) is 0 Å². The summed E-state index contributed by atoms with van der Waals surface area (Å²) in [5.74, 6) is -0.910. The van der Waals surface area contributed by atoms with Gasteiger partial charge in [-0.1, -0.05) is 12.1 Å². The van der Waals surface area contributed by atoms with Gasteiger partial charge in [0.05, 0.1) is 4.90 Å². The van der Waals surface area contributed by atoms with Crippen LogP contribution >= 0.6 is 0 Å². The van der Waals surface area contributed by atoms with Gasteiger partial charge in [0.25, 0.3) is 0 Å². The SMILES string of the molecule is Cc1cccc(S(=O)(=O)CC(=O)N(C)CCCN)c1. The lowest BCUT2D eigenvalue weighted by molar-refractivity contribution is -0.127. The van der Waals surface area contributed by atoms with E-state index >= 15 is 0 Å². The third-order valence-corrected chi connectivity index (χ3v) is 4.38. The quantitative estimate of drug-likeness (QED) is 0.828. The molecule has 1 amide bonds. The van der Waals surface area contributed by atoms with Crippen LogP contribution in [0.25, 0.3) is 0 Å². The molecule has 0 aliphatic heterocycles. The van der Waals surface area contributed by atoms with Crippen LogP contribution < -0.4 is 5.73 Å². The molecule has 0 aliphatic rings. The van der Waals surface area contributed by atoms with Crippen molar-refractivity contribution < 1.29 is 13.2 Å². The molecule has 0 saturated heterocycles. The Labute approximate surface area is 114 Å². The largest absolute Gasteiger partial charge is 0.345 e. The van der Waals surface area contributed by atoms with Crippen molar-refractivity contribution in [2.24, 2.45) is 5.73 Å². The Morgan fingerprint density at radius 1 is 1.37 bits per heavy atom. The predicted octanol–water partition coefficient (Wildman–Crippen LogP) is 0.576. The molecule has 0 radical (unpaired) electrons. The summed E-state index contributed by atoms with van der Waals surface area (Å²) < 4.78 is 24.2. The molecule has 6 heteroatoms. The third kappa shape index (κ3) is 4.65. The average Bonchev–Trinajstić information content (AvgIpc) is 2.35. The Morgan fingerprint density at radius 2 is 2.05 bits per heavy atom. The zero-order valence-electron chi connectivity index (χ0n) is 11.3. The molecule has 19 heavy (non-hydrogen) atoms. The summed E-state index contributed by atoms with van der Waals surface area (Å²) in [5, 5.41) is 0. The molecule has 1 rings (SSSR count). The number of rotatable bonds is 6. The highest BCUT2D eigenvalue weighted by molar-refractivity contribution is 7.92. The molecule has 1 aromatic carbocycles. The molecule has 0 unspecified atom stereocenters. The van der Waals surface area contributed by atoms with E-state index in [4.69, 9.17) is 5.73 Å². The van der Waals surface area contributed by atoms with Gasteiger partial charge in [-0.25, -0.2) is 8.42 Å². The van der Waals surface area contributed by atoms with Gasteiger partial charge in [0.15, 0.2) is 9.84 Å². The third-order valence-electron chi connectivity index (χ3n) is 2.79. The summed E-state index contributed by atoms with van der Waals surface area (Å²) in [7, 11) is -1.99. The topological polar surface area (TPSA) is 80.5 Å². The first-order valence-corrected chi connectivity index (χ1v) is 7.75. The van der Waals surface area contributed by atoms with Gasteiger partial charge < -0.3 is 10.6 Å². The van der Waals surface area contributed by atoms with E-state index < -0.39 is 21.5 Å². The van der Waals surface area contributed by atoms with E-state index in [-0.39, 0.29) is 4.90 Å². The van der Waals surface area contributed by atoms with Crippen molar-refractivity contribution in [3.63, 3.8) is 0 Å². The number of carbonyl (C=O) groups is 1. The fourth-order valence-electron chi connectivity index (χ4n) is 1.62. The highest BCUT2D eigenvalue weighted by Gasteiger charge is 2.21. The number of nitrogens with two attached hydrogens (primary N) is 1. The van der Waals surface area contributed by atoms with Crippen molar-refractivity contribution >= 4 is 15.7 Å². The van der Waals surface area contributed by atoms with E-state index in [1.54, 1.807) is 19.2 Å². The molecule has 0 atom stereocenters. The van der Waals surface area contributed by atoms with Crippen molar-refractivity contribution in [3.05, 3.63) is 29.8 Å². The van der Waals surface area contributed by atoms with E-state index in [9.17, 15) is 13.2 Å². The van der Waals surface area contributed by atoms with Crippen LogP contribution in [0.5, 0.6) is 0 Å². The summed E-state index contributed by atoms with van der Waals surface area (Å²) in [4.78, 5) is 13.4. The van der Waals surface area contributed by atoms with Gasteiger partial charge in [-0.15, -0.1) is 0 Å². The molecule has 0 spiro atoms. The lowest BCUT2D eigenvalue weighted by atomic mass is 10.2. The zero-order chi connectivity index (χ0) is 14.5.